The minimum absolute atomic E-state index is 0. The fourth-order valence-electron chi connectivity index (χ4n) is 0.800. The molecule has 0 fully saturated rings. The molecule has 0 heterocycles. The standard InChI is InChI=1S/C4H13NO7P2.2Na.H2O.2H/c5-3-1-2-4(6,13(7,8)9)14(10,11)12;;;;;/h6H,1-3,5H2,(H2,7,8,9)(H2,10,11,12);;;1H2;;. The molecule has 17 heavy (non-hydrogen) atoms. The summed E-state index contributed by atoms with van der Waals surface area (Å²) in [5.41, 5.74) is 5.01. The number of aliphatic hydroxyl groups is 1. The van der Waals surface area contributed by atoms with Crippen LogP contribution in [0, 0.1) is 0 Å². The molecule has 0 bridgehead atoms. The predicted octanol–water partition coefficient (Wildman–Crippen LogP) is -3.39. The van der Waals surface area contributed by atoms with Crippen LogP contribution in [-0.4, -0.2) is 101 Å². The Bertz CT molecular complexity index is 267. The Morgan fingerprint density at radius 1 is 1.00 bits per heavy atom. The van der Waals surface area contributed by atoms with Crippen molar-refractivity contribution < 1.29 is 39.3 Å². The Balaban J connectivity index is -0.000000282. The third kappa shape index (κ3) is 7.51. The maximum atomic E-state index is 10.7. The van der Waals surface area contributed by atoms with Crippen LogP contribution in [-0.2, 0) is 9.13 Å². The van der Waals surface area contributed by atoms with Crippen LogP contribution in [0.25, 0.3) is 0 Å². The van der Waals surface area contributed by atoms with Gasteiger partial charge in [-0.15, -0.1) is 0 Å². The zero-order valence-electron chi connectivity index (χ0n) is 7.65. The first-order chi connectivity index (χ1) is 6.06. The van der Waals surface area contributed by atoms with Crippen molar-refractivity contribution in [2.75, 3.05) is 6.54 Å². The molecule has 0 aliphatic carbocycles. The van der Waals surface area contributed by atoms with E-state index >= 15 is 0 Å². The first-order valence-corrected chi connectivity index (χ1v) is 6.82. The number of hydrogen-bond donors (Lipinski definition) is 6. The molecule has 0 saturated carbocycles. The van der Waals surface area contributed by atoms with Crippen LogP contribution in [0.1, 0.15) is 12.8 Å². The summed E-state index contributed by atoms with van der Waals surface area (Å²) in [6.45, 7) is -0.0394. The van der Waals surface area contributed by atoms with Gasteiger partial charge in [-0.1, -0.05) is 0 Å². The van der Waals surface area contributed by atoms with Gasteiger partial charge >= 0.3 is 74.3 Å². The van der Waals surface area contributed by atoms with E-state index in [1.807, 2.05) is 0 Å². The second-order valence-corrected chi connectivity index (χ2v) is 6.76. The molecule has 0 radical (unpaired) electrons. The van der Waals surface area contributed by atoms with E-state index in [-0.39, 0.29) is 77.6 Å². The van der Waals surface area contributed by atoms with Crippen LogP contribution < -0.4 is 5.73 Å². The summed E-state index contributed by atoms with van der Waals surface area (Å²) < 4.78 is 21.4. The Morgan fingerprint density at radius 3 is 1.47 bits per heavy atom. The average Bonchev–Trinajstić information content (AvgIpc) is 1.95. The molecule has 0 aromatic heterocycles. The van der Waals surface area contributed by atoms with E-state index in [2.05, 4.69) is 0 Å². The molecule has 98 valence electrons. The summed E-state index contributed by atoms with van der Waals surface area (Å²) in [6, 6.07) is 0. The van der Waals surface area contributed by atoms with Crippen LogP contribution in [0.4, 0.5) is 0 Å². The van der Waals surface area contributed by atoms with Gasteiger partial charge in [0.25, 0.3) is 5.08 Å². The first kappa shape index (κ1) is 27.5. The van der Waals surface area contributed by atoms with Gasteiger partial charge in [0.15, 0.2) is 0 Å². The maximum absolute atomic E-state index is 10.7. The van der Waals surface area contributed by atoms with Gasteiger partial charge < -0.3 is 35.9 Å². The zero-order chi connectivity index (χ0) is 11.6. The Morgan fingerprint density at radius 2 is 1.29 bits per heavy atom. The first-order valence-electron chi connectivity index (χ1n) is 3.60. The number of rotatable bonds is 5. The van der Waals surface area contributed by atoms with Gasteiger partial charge in [-0.05, 0) is 13.0 Å². The van der Waals surface area contributed by atoms with Crippen LogP contribution in [0.15, 0.2) is 0 Å². The van der Waals surface area contributed by atoms with E-state index in [4.69, 9.17) is 25.3 Å². The normalized spacial score (nSPS) is 11.9. The number of hydrogen-bond acceptors (Lipinski definition) is 4. The fraction of sp³-hybridized carbons (Fsp3) is 1.00. The van der Waals surface area contributed by atoms with Gasteiger partial charge in [0.2, 0.25) is 0 Å². The monoisotopic (exact) mass is 315 g/mol. The molecule has 0 amide bonds. The second kappa shape index (κ2) is 9.99. The third-order valence-electron chi connectivity index (χ3n) is 1.65. The summed E-state index contributed by atoms with van der Waals surface area (Å²) >= 11 is 0. The molecule has 9 N–H and O–H groups in total. The molecule has 0 aliphatic heterocycles. The molecule has 0 saturated heterocycles. The zero-order valence-corrected chi connectivity index (χ0v) is 9.43. The van der Waals surface area contributed by atoms with Gasteiger partial charge in [-0.25, -0.2) is 0 Å². The second-order valence-electron chi connectivity index (χ2n) is 2.75. The quantitative estimate of drug-likeness (QED) is 0.223. The molecule has 0 spiro atoms. The van der Waals surface area contributed by atoms with E-state index < -0.39 is 26.7 Å². The molecule has 0 unspecified atom stereocenters. The Kier molecular flexibility index (Phi) is 16.2. The molecule has 13 heteroatoms. The van der Waals surface area contributed by atoms with Gasteiger partial charge in [-0.2, -0.15) is 0 Å². The van der Waals surface area contributed by atoms with Crippen LogP contribution >= 0.6 is 15.2 Å². The Labute approximate surface area is 142 Å². The molecule has 0 aromatic carbocycles. The third-order valence-corrected chi connectivity index (χ3v) is 5.53. The fourth-order valence-corrected chi connectivity index (χ4v) is 3.06. The SMILES string of the molecule is NCCCC(O)(P(=O)(O)O)P(=O)(O)O.O.[NaH].[NaH]. The summed E-state index contributed by atoms with van der Waals surface area (Å²) in [5.74, 6) is 0. The van der Waals surface area contributed by atoms with Crippen LogP contribution in [0.5, 0.6) is 0 Å². The van der Waals surface area contributed by atoms with Crippen LogP contribution in [0.2, 0.25) is 0 Å². The number of nitrogens with two attached hydrogens (primary N) is 1. The molecule has 0 atom stereocenters. The van der Waals surface area contributed by atoms with Gasteiger partial charge in [0.1, 0.15) is 0 Å². The van der Waals surface area contributed by atoms with Gasteiger partial charge in [0, 0.05) is 6.42 Å². The molecule has 9 nitrogen and oxygen atoms in total. The van der Waals surface area contributed by atoms with Crippen molar-refractivity contribution in [1.82, 2.24) is 0 Å². The summed E-state index contributed by atoms with van der Waals surface area (Å²) in [5, 5.41) is 5.91. The average molecular weight is 315 g/mol. The van der Waals surface area contributed by atoms with Crippen molar-refractivity contribution in [2.45, 2.75) is 17.9 Å². The minimum atomic E-state index is -5.30. The van der Waals surface area contributed by atoms with E-state index in [1.165, 1.54) is 0 Å². The van der Waals surface area contributed by atoms with Crippen molar-refractivity contribution in [3.63, 3.8) is 0 Å². The molecule has 0 aliphatic rings. The van der Waals surface area contributed by atoms with Crippen molar-refractivity contribution >= 4 is 74.3 Å². The van der Waals surface area contributed by atoms with E-state index in [0.29, 0.717) is 0 Å². The van der Waals surface area contributed by atoms with Crippen molar-refractivity contribution in [3.05, 3.63) is 0 Å². The molecule has 0 rings (SSSR count). The molecular weight excluding hydrogens is 298 g/mol. The predicted molar refractivity (Wildman–Crippen MR) is 65.2 cm³/mol. The molecular formula is C4H17NNa2O8P2. The van der Waals surface area contributed by atoms with Crippen molar-refractivity contribution in [3.8, 4) is 0 Å². The summed E-state index contributed by atoms with van der Waals surface area (Å²) in [4.78, 5) is 34.5. The topological polar surface area (TPSA) is 193 Å². The van der Waals surface area contributed by atoms with E-state index in [0.717, 1.165) is 0 Å². The van der Waals surface area contributed by atoms with Crippen molar-refractivity contribution in [1.29, 1.82) is 0 Å². The van der Waals surface area contributed by atoms with E-state index in [9.17, 15) is 14.2 Å². The summed E-state index contributed by atoms with van der Waals surface area (Å²) in [7, 11) is -10.6. The van der Waals surface area contributed by atoms with Gasteiger partial charge in [-0.3, -0.25) is 9.13 Å². The van der Waals surface area contributed by atoms with Crippen LogP contribution in [0.3, 0.4) is 0 Å². The Hall–Kier alpha value is 2.18. The van der Waals surface area contributed by atoms with E-state index in [1.54, 1.807) is 0 Å². The van der Waals surface area contributed by atoms with Gasteiger partial charge in [0.05, 0.1) is 0 Å². The van der Waals surface area contributed by atoms with Crippen molar-refractivity contribution in [2.24, 2.45) is 5.73 Å². The molecule has 0 aromatic rings. The summed E-state index contributed by atoms with van der Waals surface area (Å²) in [6.07, 6.45) is -0.856.